The highest BCUT2D eigenvalue weighted by molar-refractivity contribution is 7.14. The number of carbonyl (C=O) groups excluding carboxylic acids is 1. The molecule has 1 aromatic heterocycles. The van der Waals surface area contributed by atoms with Gasteiger partial charge < -0.3 is 10.4 Å². The Balaban J connectivity index is 0.000000623. The minimum Gasteiger partial charge on any atom is -0.478 e. The molecule has 3 rings (SSSR count). The Morgan fingerprint density at radius 2 is 1.69 bits per heavy atom. The summed E-state index contributed by atoms with van der Waals surface area (Å²) in [6.45, 7) is 9.19. The van der Waals surface area contributed by atoms with Crippen molar-refractivity contribution in [3.63, 3.8) is 0 Å². The van der Waals surface area contributed by atoms with Crippen LogP contribution in [0.1, 0.15) is 43.1 Å². The molecule has 0 radical (unpaired) electrons. The molecule has 1 amide bonds. The Morgan fingerprint density at radius 1 is 1.06 bits per heavy atom. The number of thiophene rings is 1. The lowest BCUT2D eigenvalue weighted by atomic mass is 10.1. The van der Waals surface area contributed by atoms with E-state index in [-0.39, 0.29) is 23.6 Å². The molecule has 9 heteroatoms. The fourth-order valence-electron chi connectivity index (χ4n) is 2.78. The van der Waals surface area contributed by atoms with Gasteiger partial charge in [-0.1, -0.05) is 109 Å². The largest absolute Gasteiger partial charge is 0.478 e. The lowest BCUT2D eigenvalue weighted by molar-refractivity contribution is -0.116. The molecule has 36 heavy (non-hydrogen) atoms. The first-order valence-corrected chi connectivity index (χ1v) is 13.3. The number of anilines is 1. The van der Waals surface area contributed by atoms with Crippen LogP contribution >= 0.6 is 57.7 Å². The Bertz CT molecular complexity index is 1210. The van der Waals surface area contributed by atoms with Crippen LogP contribution in [0.5, 0.6) is 0 Å². The van der Waals surface area contributed by atoms with E-state index in [0.717, 1.165) is 5.56 Å². The van der Waals surface area contributed by atoms with Crippen LogP contribution in [0, 0.1) is 0 Å². The van der Waals surface area contributed by atoms with Crippen LogP contribution in [0.25, 0.3) is 10.4 Å². The van der Waals surface area contributed by atoms with Gasteiger partial charge in [-0.3, -0.25) is 4.79 Å². The van der Waals surface area contributed by atoms with Crippen LogP contribution in [-0.2, 0) is 11.2 Å². The van der Waals surface area contributed by atoms with Gasteiger partial charge in [0.1, 0.15) is 5.56 Å². The van der Waals surface area contributed by atoms with Gasteiger partial charge in [0.2, 0.25) is 5.91 Å². The third kappa shape index (κ3) is 10.00. The van der Waals surface area contributed by atoms with Gasteiger partial charge in [-0.2, -0.15) is 0 Å². The van der Waals surface area contributed by atoms with Crippen LogP contribution in [0.3, 0.4) is 0 Å². The molecule has 0 saturated carbocycles. The molecule has 2 aromatic carbocycles. The maximum absolute atomic E-state index is 12.3. The topological polar surface area (TPSA) is 66.4 Å². The summed E-state index contributed by atoms with van der Waals surface area (Å²) >= 11 is 24.0. The number of hydrogen-bond acceptors (Lipinski definition) is 3. The zero-order valence-electron chi connectivity index (χ0n) is 20.1. The second-order valence-corrected chi connectivity index (χ2v) is 9.42. The predicted molar refractivity (Wildman–Crippen MR) is 156 cm³/mol. The third-order valence-electron chi connectivity index (χ3n) is 4.46. The maximum atomic E-state index is 12.3. The molecule has 0 atom stereocenters. The van der Waals surface area contributed by atoms with E-state index in [0.29, 0.717) is 37.0 Å². The molecule has 1 heterocycles. The smallest absolute Gasteiger partial charge is 0.339 e. The molecule has 0 fully saturated rings. The van der Waals surface area contributed by atoms with Gasteiger partial charge in [0.25, 0.3) is 0 Å². The summed E-state index contributed by atoms with van der Waals surface area (Å²) in [5.74, 6) is -1.35. The molecular weight excluding hydrogens is 560 g/mol. The van der Waals surface area contributed by atoms with E-state index in [1.54, 1.807) is 36.6 Å². The number of carboxylic acid groups (broad SMARTS) is 1. The van der Waals surface area contributed by atoms with Crippen molar-refractivity contribution in [1.82, 2.24) is 0 Å². The Morgan fingerprint density at radius 3 is 2.19 bits per heavy atom. The van der Waals surface area contributed by atoms with Gasteiger partial charge in [0, 0.05) is 11.8 Å². The van der Waals surface area contributed by atoms with Crippen LogP contribution in [0.4, 0.5) is 5.69 Å². The highest BCUT2D eigenvalue weighted by Crippen LogP contribution is 2.38. The van der Waals surface area contributed by atoms with Gasteiger partial charge in [0.05, 0.1) is 30.7 Å². The molecule has 0 spiro atoms. The summed E-state index contributed by atoms with van der Waals surface area (Å²) in [4.78, 5) is 24.6. The van der Waals surface area contributed by atoms with Crippen LogP contribution < -0.4 is 5.32 Å². The van der Waals surface area contributed by atoms with Gasteiger partial charge in [0.15, 0.2) is 0 Å². The van der Waals surface area contributed by atoms with Crippen LogP contribution in [0.2, 0.25) is 10.0 Å². The third-order valence-corrected chi connectivity index (χ3v) is 6.97. The molecular formula is C27H27Cl4NO3S. The summed E-state index contributed by atoms with van der Waals surface area (Å²) in [5.41, 5.74) is 2.02. The van der Waals surface area contributed by atoms with Crippen LogP contribution in [0.15, 0.2) is 76.6 Å². The number of benzene rings is 2. The number of nitrogens with one attached hydrogen (secondary N) is 1. The van der Waals surface area contributed by atoms with E-state index in [1.807, 2.05) is 44.2 Å². The van der Waals surface area contributed by atoms with Crippen molar-refractivity contribution in [2.24, 2.45) is 0 Å². The summed E-state index contributed by atoms with van der Waals surface area (Å²) in [7, 11) is 0. The van der Waals surface area contributed by atoms with E-state index in [9.17, 15) is 14.7 Å². The molecule has 0 aliphatic heterocycles. The molecule has 0 saturated heterocycles. The Hall–Kier alpha value is -2.28. The minimum absolute atomic E-state index is 0.0476. The number of allylic oxidation sites excluding steroid dienone is 3. The number of amides is 1. The summed E-state index contributed by atoms with van der Waals surface area (Å²) < 4.78 is 0. The highest BCUT2D eigenvalue weighted by Gasteiger charge is 2.21. The predicted octanol–water partition coefficient (Wildman–Crippen LogP) is 9.90. The zero-order chi connectivity index (χ0) is 27.3. The van der Waals surface area contributed by atoms with Crippen molar-refractivity contribution in [3.8, 4) is 10.4 Å². The van der Waals surface area contributed by atoms with Crippen LogP contribution in [-0.4, -0.2) is 17.0 Å². The first kappa shape index (κ1) is 31.7. The zero-order valence-corrected chi connectivity index (χ0v) is 23.9. The summed E-state index contributed by atoms with van der Waals surface area (Å²) in [6.07, 6.45) is 2.54. The summed E-state index contributed by atoms with van der Waals surface area (Å²) in [5, 5.41) is 15.6. The SMILES string of the molecule is C=C(Cl)/C(Cl)=C\C.CC.O=C(CCc1ccccc1)Nc1csc(-c2ccc(Cl)c(Cl)c2)c1C(=O)O. The molecule has 0 bridgehead atoms. The van der Waals surface area contributed by atoms with Crippen molar-refractivity contribution in [1.29, 1.82) is 0 Å². The summed E-state index contributed by atoms with van der Waals surface area (Å²) in [6, 6.07) is 14.6. The second kappa shape index (κ2) is 16.5. The Kier molecular flexibility index (Phi) is 14.5. The molecule has 3 aromatic rings. The normalized spacial score (nSPS) is 10.4. The average molecular weight is 587 g/mol. The lowest BCUT2D eigenvalue weighted by Gasteiger charge is -2.07. The van der Waals surface area contributed by atoms with Gasteiger partial charge in [-0.15, -0.1) is 11.3 Å². The number of carbonyl (C=O) groups is 2. The molecule has 4 nitrogen and oxygen atoms in total. The molecule has 2 N–H and O–H groups in total. The molecule has 0 aliphatic carbocycles. The van der Waals surface area contributed by atoms with Gasteiger partial charge in [-0.05, 0) is 36.6 Å². The fourth-order valence-corrected chi connectivity index (χ4v) is 4.18. The average Bonchev–Trinajstić information content (AvgIpc) is 3.29. The first-order chi connectivity index (χ1) is 17.1. The molecule has 0 unspecified atom stereocenters. The van der Waals surface area contributed by atoms with E-state index < -0.39 is 5.97 Å². The van der Waals surface area contributed by atoms with Crippen molar-refractivity contribution in [2.45, 2.75) is 33.6 Å². The molecule has 0 aliphatic rings. The van der Waals surface area contributed by atoms with Gasteiger partial charge in [-0.25, -0.2) is 4.79 Å². The Labute approximate surface area is 236 Å². The standard InChI is InChI=1S/C20H15Cl2NO3S.C5H6Cl2.C2H6/c21-14-8-7-13(10-15(14)22)19-18(20(25)26)16(11-27-19)23-17(24)9-6-12-4-2-1-3-5-12;1-3-5(7)4(2)6;1-2/h1-5,7-8,10-11H,6,9H2,(H,23,24)(H,25,26);3H,2H2,1H3;1-2H3/b;5-3+;. The van der Waals surface area contributed by atoms with E-state index in [2.05, 4.69) is 11.9 Å². The number of aromatic carboxylic acids is 1. The van der Waals surface area contributed by atoms with E-state index in [4.69, 9.17) is 46.4 Å². The quantitative estimate of drug-likeness (QED) is 0.271. The number of carboxylic acids is 1. The van der Waals surface area contributed by atoms with Crippen molar-refractivity contribution < 1.29 is 14.7 Å². The van der Waals surface area contributed by atoms with E-state index >= 15 is 0 Å². The monoisotopic (exact) mass is 585 g/mol. The first-order valence-electron chi connectivity index (χ1n) is 10.9. The number of halogens is 4. The van der Waals surface area contributed by atoms with Crippen molar-refractivity contribution in [2.75, 3.05) is 5.32 Å². The van der Waals surface area contributed by atoms with Crippen molar-refractivity contribution in [3.05, 3.63) is 97.8 Å². The second-order valence-electron chi connectivity index (χ2n) is 6.86. The fraction of sp³-hybridized carbons (Fsp3) is 0.185. The highest BCUT2D eigenvalue weighted by atomic mass is 35.5. The molecule has 192 valence electrons. The van der Waals surface area contributed by atoms with E-state index in [1.165, 1.54) is 11.3 Å². The van der Waals surface area contributed by atoms with Gasteiger partial charge >= 0.3 is 5.97 Å². The number of rotatable bonds is 7. The maximum Gasteiger partial charge on any atom is 0.339 e. The number of hydrogen-bond donors (Lipinski definition) is 2. The number of aryl methyl sites for hydroxylation is 1. The van der Waals surface area contributed by atoms with Crippen molar-refractivity contribution >= 4 is 75.3 Å². The lowest BCUT2D eigenvalue weighted by Crippen LogP contribution is -2.14. The minimum atomic E-state index is -1.12.